The van der Waals surface area contributed by atoms with E-state index >= 15 is 0 Å². The number of rotatable bonds is 3. The fourth-order valence-electron chi connectivity index (χ4n) is 1.85. The first kappa shape index (κ1) is 14.6. The van der Waals surface area contributed by atoms with Gasteiger partial charge in [-0.3, -0.25) is 4.98 Å². The second-order valence-corrected chi connectivity index (χ2v) is 5.81. The van der Waals surface area contributed by atoms with Crippen LogP contribution in [0.3, 0.4) is 0 Å². The summed E-state index contributed by atoms with van der Waals surface area (Å²) in [6, 6.07) is 1.83. The Morgan fingerprint density at radius 2 is 2.20 bits per heavy atom. The maximum atomic E-state index is 11.8. The second kappa shape index (κ2) is 5.66. The monoisotopic (exact) mass is 279 g/mol. The maximum absolute atomic E-state index is 11.8. The summed E-state index contributed by atoms with van der Waals surface area (Å²) in [5.41, 5.74) is 6.08. The van der Waals surface area contributed by atoms with Gasteiger partial charge < -0.3 is 20.1 Å². The third-order valence-electron chi connectivity index (χ3n) is 2.88. The number of aromatic nitrogens is 1. The van der Waals surface area contributed by atoms with Gasteiger partial charge in [-0.2, -0.15) is 0 Å². The molecule has 6 nitrogen and oxygen atoms in total. The van der Waals surface area contributed by atoms with Crippen molar-refractivity contribution in [2.24, 2.45) is 5.73 Å². The summed E-state index contributed by atoms with van der Waals surface area (Å²) in [5, 5.41) is 0. The van der Waals surface area contributed by atoms with Gasteiger partial charge in [0.2, 0.25) is 0 Å². The predicted octanol–water partition coefficient (Wildman–Crippen LogP) is 1.54. The van der Waals surface area contributed by atoms with Crippen molar-refractivity contribution in [3.05, 3.63) is 24.0 Å². The molecule has 2 heterocycles. The molecule has 1 aliphatic rings. The third-order valence-corrected chi connectivity index (χ3v) is 2.88. The van der Waals surface area contributed by atoms with Gasteiger partial charge in [-0.1, -0.05) is 0 Å². The van der Waals surface area contributed by atoms with E-state index in [0.29, 0.717) is 25.4 Å². The third kappa shape index (κ3) is 3.60. The lowest BCUT2D eigenvalue weighted by Crippen LogP contribution is -2.57. The van der Waals surface area contributed by atoms with Crippen LogP contribution in [0.5, 0.6) is 5.75 Å². The number of amides is 1. The molecule has 0 spiro atoms. The van der Waals surface area contributed by atoms with Crippen LogP contribution in [0.15, 0.2) is 18.5 Å². The number of carbonyl (C=O) groups excluding carboxylic acids is 1. The number of nitrogens with zero attached hydrogens (tertiary/aromatic N) is 2. The number of carbonyl (C=O) groups is 1. The van der Waals surface area contributed by atoms with E-state index in [-0.39, 0.29) is 12.2 Å². The lowest BCUT2D eigenvalue weighted by molar-refractivity contribution is -0.0224. The van der Waals surface area contributed by atoms with Crippen molar-refractivity contribution in [2.45, 2.75) is 39.0 Å². The average molecular weight is 279 g/mol. The van der Waals surface area contributed by atoms with E-state index < -0.39 is 5.60 Å². The van der Waals surface area contributed by atoms with Crippen LogP contribution in [0.25, 0.3) is 0 Å². The molecule has 0 aliphatic carbocycles. The highest BCUT2D eigenvalue weighted by molar-refractivity contribution is 5.69. The Kier molecular flexibility index (Phi) is 4.13. The van der Waals surface area contributed by atoms with Gasteiger partial charge in [0.1, 0.15) is 17.5 Å². The van der Waals surface area contributed by atoms with E-state index in [1.165, 1.54) is 0 Å². The molecule has 0 atom stereocenters. The quantitative estimate of drug-likeness (QED) is 0.908. The number of nitrogens with two attached hydrogens (primary N) is 1. The fourth-order valence-corrected chi connectivity index (χ4v) is 1.85. The minimum Gasteiger partial charge on any atom is -0.485 e. The Balaban J connectivity index is 1.84. The fraction of sp³-hybridized carbons (Fsp3) is 0.571. The zero-order chi connectivity index (χ0) is 14.8. The minimum absolute atomic E-state index is 0.0305. The summed E-state index contributed by atoms with van der Waals surface area (Å²) in [6.07, 6.45) is 3.00. The molecule has 0 saturated carbocycles. The van der Waals surface area contributed by atoms with Gasteiger partial charge in [-0.05, 0) is 26.8 Å². The van der Waals surface area contributed by atoms with Crippen molar-refractivity contribution >= 4 is 6.09 Å². The maximum Gasteiger partial charge on any atom is 0.410 e. The van der Waals surface area contributed by atoms with Crippen LogP contribution in [0.1, 0.15) is 26.3 Å². The molecule has 20 heavy (non-hydrogen) atoms. The molecule has 0 radical (unpaired) electrons. The molecule has 0 bridgehead atoms. The lowest BCUT2D eigenvalue weighted by atomic mass is 10.1. The number of ether oxygens (including phenoxy) is 2. The zero-order valence-electron chi connectivity index (χ0n) is 12.1. The van der Waals surface area contributed by atoms with Crippen molar-refractivity contribution in [1.82, 2.24) is 9.88 Å². The van der Waals surface area contributed by atoms with Crippen molar-refractivity contribution in [1.29, 1.82) is 0 Å². The average Bonchev–Trinajstić information content (AvgIpc) is 2.31. The Bertz CT molecular complexity index is 479. The summed E-state index contributed by atoms with van der Waals surface area (Å²) in [5.74, 6) is 0.684. The van der Waals surface area contributed by atoms with Crippen LogP contribution in [0, 0.1) is 0 Å². The Hall–Kier alpha value is -1.82. The SMILES string of the molecule is CC(C)(C)OC(=O)N1CC(Oc2cnccc2CN)C1. The van der Waals surface area contributed by atoms with Gasteiger partial charge in [-0.15, -0.1) is 0 Å². The molecule has 1 aliphatic heterocycles. The van der Waals surface area contributed by atoms with Crippen LogP contribution >= 0.6 is 0 Å². The standard InChI is InChI=1S/C14H21N3O3/c1-14(2,3)20-13(18)17-8-11(9-17)19-12-7-16-5-4-10(12)6-15/h4-5,7,11H,6,8-9,15H2,1-3H3. The molecule has 1 aromatic heterocycles. The largest absolute Gasteiger partial charge is 0.485 e. The van der Waals surface area contributed by atoms with E-state index in [0.717, 1.165) is 5.56 Å². The zero-order valence-corrected chi connectivity index (χ0v) is 12.1. The highest BCUT2D eigenvalue weighted by atomic mass is 16.6. The normalized spacial score (nSPS) is 15.7. The summed E-state index contributed by atoms with van der Waals surface area (Å²) >= 11 is 0. The summed E-state index contributed by atoms with van der Waals surface area (Å²) in [6.45, 7) is 6.99. The molecule has 1 fully saturated rings. The van der Waals surface area contributed by atoms with E-state index in [1.807, 2.05) is 26.8 Å². The predicted molar refractivity (Wildman–Crippen MR) is 74.4 cm³/mol. The Morgan fingerprint density at radius 3 is 2.80 bits per heavy atom. The van der Waals surface area contributed by atoms with E-state index in [2.05, 4.69) is 4.98 Å². The van der Waals surface area contributed by atoms with Crippen LogP contribution in [0.4, 0.5) is 4.79 Å². The van der Waals surface area contributed by atoms with Gasteiger partial charge in [0.25, 0.3) is 0 Å². The van der Waals surface area contributed by atoms with E-state index in [9.17, 15) is 4.79 Å². The first-order valence-electron chi connectivity index (χ1n) is 6.66. The smallest absolute Gasteiger partial charge is 0.410 e. The van der Waals surface area contributed by atoms with Crippen molar-refractivity contribution in [3.63, 3.8) is 0 Å². The molecule has 0 aromatic carbocycles. The summed E-state index contributed by atoms with van der Waals surface area (Å²) < 4.78 is 11.1. The van der Waals surface area contributed by atoms with Gasteiger partial charge >= 0.3 is 6.09 Å². The first-order chi connectivity index (χ1) is 9.39. The summed E-state index contributed by atoms with van der Waals surface area (Å²) in [4.78, 5) is 17.4. The molecular weight excluding hydrogens is 258 g/mol. The number of pyridine rings is 1. The molecule has 1 amide bonds. The molecule has 0 unspecified atom stereocenters. The van der Waals surface area contributed by atoms with Gasteiger partial charge in [0.15, 0.2) is 0 Å². The minimum atomic E-state index is -0.473. The Labute approximate surface area is 118 Å². The first-order valence-corrected chi connectivity index (χ1v) is 6.66. The van der Waals surface area contributed by atoms with Crippen LogP contribution < -0.4 is 10.5 Å². The van der Waals surface area contributed by atoms with Gasteiger partial charge in [0.05, 0.1) is 19.3 Å². The molecule has 1 aromatic rings. The second-order valence-electron chi connectivity index (χ2n) is 5.81. The number of hydrogen-bond acceptors (Lipinski definition) is 5. The topological polar surface area (TPSA) is 77.7 Å². The van der Waals surface area contributed by atoms with Crippen LogP contribution in [0.2, 0.25) is 0 Å². The highest BCUT2D eigenvalue weighted by Gasteiger charge is 2.35. The molecule has 2 N–H and O–H groups in total. The van der Waals surface area contributed by atoms with E-state index in [4.69, 9.17) is 15.2 Å². The Morgan fingerprint density at radius 1 is 1.50 bits per heavy atom. The lowest BCUT2D eigenvalue weighted by Gasteiger charge is -2.39. The molecule has 2 rings (SSSR count). The van der Waals surface area contributed by atoms with Crippen LogP contribution in [-0.2, 0) is 11.3 Å². The highest BCUT2D eigenvalue weighted by Crippen LogP contribution is 2.22. The van der Waals surface area contributed by atoms with Crippen molar-refractivity contribution in [2.75, 3.05) is 13.1 Å². The van der Waals surface area contributed by atoms with E-state index in [1.54, 1.807) is 17.3 Å². The molecule has 6 heteroatoms. The summed E-state index contributed by atoms with van der Waals surface area (Å²) in [7, 11) is 0. The van der Waals surface area contributed by atoms with Gasteiger partial charge in [0, 0.05) is 18.3 Å². The number of hydrogen-bond donors (Lipinski definition) is 1. The van der Waals surface area contributed by atoms with Crippen molar-refractivity contribution in [3.8, 4) is 5.75 Å². The molecule has 110 valence electrons. The van der Waals surface area contributed by atoms with Gasteiger partial charge in [-0.25, -0.2) is 4.79 Å². The molecular formula is C14H21N3O3. The molecule has 1 saturated heterocycles. The number of likely N-dealkylation sites (tertiary alicyclic amines) is 1. The van der Waals surface area contributed by atoms with Crippen LogP contribution in [-0.4, -0.2) is 40.8 Å². The van der Waals surface area contributed by atoms with Crippen molar-refractivity contribution < 1.29 is 14.3 Å².